The van der Waals surface area contributed by atoms with Gasteiger partial charge in [-0.05, 0) is 5.56 Å². The molecule has 0 radical (unpaired) electrons. The van der Waals surface area contributed by atoms with Gasteiger partial charge in [-0.25, -0.2) is 4.79 Å². The summed E-state index contributed by atoms with van der Waals surface area (Å²) >= 11 is 0. The van der Waals surface area contributed by atoms with E-state index in [1.54, 1.807) is 12.1 Å². The molecule has 0 fully saturated rings. The Hall–Kier alpha value is -2.97. The summed E-state index contributed by atoms with van der Waals surface area (Å²) in [5, 5.41) is 23.3. The van der Waals surface area contributed by atoms with Crippen LogP contribution in [0.5, 0.6) is 17.2 Å². The van der Waals surface area contributed by atoms with Crippen LogP contribution in [0.25, 0.3) is 0 Å². The number of hydrogen-bond acceptors (Lipinski definition) is 7. The maximum absolute atomic E-state index is 11.8. The Labute approximate surface area is 163 Å². The Morgan fingerprint density at radius 1 is 1.00 bits per heavy atom. The second-order valence-corrected chi connectivity index (χ2v) is 5.90. The van der Waals surface area contributed by atoms with Gasteiger partial charge in [0, 0.05) is 18.7 Å². The highest BCUT2D eigenvalue weighted by molar-refractivity contribution is 5.67. The molecule has 2 rings (SSSR count). The molecule has 8 heteroatoms. The molecule has 2 aromatic rings. The van der Waals surface area contributed by atoms with Crippen molar-refractivity contribution in [1.82, 2.24) is 5.32 Å². The summed E-state index contributed by atoms with van der Waals surface area (Å²) in [4.78, 5) is 11.8. The molecule has 3 N–H and O–H groups in total. The highest BCUT2D eigenvalue weighted by atomic mass is 16.5. The van der Waals surface area contributed by atoms with Crippen LogP contribution in [-0.4, -0.2) is 50.3 Å². The molecule has 0 saturated heterocycles. The molecule has 2 unspecified atom stereocenters. The van der Waals surface area contributed by atoms with E-state index >= 15 is 0 Å². The van der Waals surface area contributed by atoms with Gasteiger partial charge in [0.15, 0.2) is 0 Å². The lowest BCUT2D eigenvalue weighted by Gasteiger charge is -2.23. The third kappa shape index (κ3) is 5.51. The number of hydrogen-bond donors (Lipinski definition) is 3. The molecule has 0 bridgehead atoms. The molecule has 2 atom stereocenters. The van der Waals surface area contributed by atoms with Crippen molar-refractivity contribution in [2.24, 2.45) is 0 Å². The van der Waals surface area contributed by atoms with Crippen LogP contribution in [0.1, 0.15) is 17.2 Å². The van der Waals surface area contributed by atoms with E-state index in [-0.39, 0.29) is 30.2 Å². The summed E-state index contributed by atoms with van der Waals surface area (Å²) in [5.41, 5.74) is 1.09. The maximum Gasteiger partial charge on any atom is 0.407 e. The van der Waals surface area contributed by atoms with Crippen molar-refractivity contribution in [3.63, 3.8) is 0 Å². The zero-order valence-electron chi connectivity index (χ0n) is 16.0. The topological polar surface area (TPSA) is 106 Å². The molecule has 0 aliphatic carbocycles. The minimum atomic E-state index is -1.37. The molecule has 0 aromatic heterocycles. The molecule has 2 aromatic carbocycles. The zero-order valence-corrected chi connectivity index (χ0v) is 16.0. The molecule has 1 amide bonds. The summed E-state index contributed by atoms with van der Waals surface area (Å²) in [7, 11) is 4.34. The molecule has 28 heavy (non-hydrogen) atoms. The van der Waals surface area contributed by atoms with Crippen LogP contribution < -0.4 is 19.5 Å². The first-order valence-corrected chi connectivity index (χ1v) is 8.60. The van der Waals surface area contributed by atoms with Gasteiger partial charge in [0.05, 0.1) is 26.9 Å². The fraction of sp³-hybridized carbons (Fsp3) is 0.350. The fourth-order valence-electron chi connectivity index (χ4n) is 2.59. The number of amides is 1. The first kappa shape index (κ1) is 21.3. The van der Waals surface area contributed by atoms with Crippen molar-refractivity contribution < 1.29 is 34.0 Å². The highest BCUT2D eigenvalue weighted by Gasteiger charge is 2.27. The third-order valence-electron chi connectivity index (χ3n) is 4.08. The molecule has 0 saturated carbocycles. The number of benzene rings is 2. The number of carbonyl (C=O) groups excluding carboxylic acids is 1. The number of aliphatic hydroxyl groups excluding tert-OH is 2. The minimum absolute atomic E-state index is 0.103. The average Bonchev–Trinajstić information content (AvgIpc) is 2.74. The number of ether oxygens (including phenoxy) is 4. The van der Waals surface area contributed by atoms with E-state index in [2.05, 4.69) is 5.32 Å². The summed E-state index contributed by atoms with van der Waals surface area (Å²) in [6.07, 6.45) is -3.39. The fourth-order valence-corrected chi connectivity index (χ4v) is 2.59. The number of aliphatic hydroxyl groups is 2. The number of carbonyl (C=O) groups is 1. The summed E-state index contributed by atoms with van der Waals surface area (Å²) in [6.45, 7) is -0.126. The Kier molecular flexibility index (Phi) is 7.91. The molecule has 0 heterocycles. The second-order valence-electron chi connectivity index (χ2n) is 5.90. The smallest absolute Gasteiger partial charge is 0.407 e. The van der Waals surface area contributed by atoms with Crippen LogP contribution in [0.3, 0.4) is 0 Å². The number of alkyl carbamates (subject to hydrolysis) is 1. The Bertz CT molecular complexity index is 741. The van der Waals surface area contributed by atoms with Crippen molar-refractivity contribution in [3.05, 3.63) is 53.6 Å². The van der Waals surface area contributed by atoms with Crippen molar-refractivity contribution >= 4 is 6.09 Å². The maximum atomic E-state index is 11.8. The lowest BCUT2D eigenvalue weighted by molar-refractivity contribution is 0.0157. The standard InChI is InChI=1S/C20H25NO7/c1-25-14-9-16(26-2)18(17(10-14)27-3)19(23)15(22)11-21-20(24)28-12-13-7-5-4-6-8-13/h4-10,15,19,22-23H,11-12H2,1-3H3,(H,21,24). The molecular formula is C20H25NO7. The molecule has 0 aliphatic rings. The molecule has 8 nitrogen and oxygen atoms in total. The quantitative estimate of drug-likeness (QED) is 0.600. The van der Waals surface area contributed by atoms with Gasteiger partial charge in [0.1, 0.15) is 36.1 Å². The minimum Gasteiger partial charge on any atom is -0.496 e. The van der Waals surface area contributed by atoms with Crippen molar-refractivity contribution in [2.45, 2.75) is 18.8 Å². The Balaban J connectivity index is 1.98. The first-order valence-electron chi connectivity index (χ1n) is 8.60. The van der Waals surface area contributed by atoms with E-state index in [0.717, 1.165) is 5.56 Å². The van der Waals surface area contributed by atoms with Gasteiger partial charge in [0.25, 0.3) is 0 Å². The number of methoxy groups -OCH3 is 3. The SMILES string of the molecule is COc1cc(OC)c(C(O)C(O)CNC(=O)OCc2ccccc2)c(OC)c1. The van der Waals surface area contributed by atoms with Crippen LogP contribution in [0.15, 0.2) is 42.5 Å². The van der Waals surface area contributed by atoms with E-state index in [9.17, 15) is 15.0 Å². The molecule has 0 aliphatic heterocycles. The zero-order chi connectivity index (χ0) is 20.5. The van der Waals surface area contributed by atoms with E-state index in [1.165, 1.54) is 21.3 Å². The van der Waals surface area contributed by atoms with Crippen molar-refractivity contribution in [2.75, 3.05) is 27.9 Å². The van der Waals surface area contributed by atoms with E-state index in [4.69, 9.17) is 18.9 Å². The Morgan fingerprint density at radius 3 is 2.14 bits per heavy atom. The van der Waals surface area contributed by atoms with Crippen LogP contribution in [0, 0.1) is 0 Å². The van der Waals surface area contributed by atoms with Crippen LogP contribution >= 0.6 is 0 Å². The van der Waals surface area contributed by atoms with Gasteiger partial charge in [0.2, 0.25) is 0 Å². The largest absolute Gasteiger partial charge is 0.496 e. The van der Waals surface area contributed by atoms with Gasteiger partial charge in [-0.3, -0.25) is 0 Å². The van der Waals surface area contributed by atoms with Gasteiger partial charge < -0.3 is 34.5 Å². The summed E-state index contributed by atoms with van der Waals surface area (Å²) in [6, 6.07) is 12.3. The van der Waals surface area contributed by atoms with Gasteiger partial charge in [-0.2, -0.15) is 0 Å². The van der Waals surface area contributed by atoms with Crippen LogP contribution in [0.2, 0.25) is 0 Å². The molecule has 152 valence electrons. The molecular weight excluding hydrogens is 366 g/mol. The first-order chi connectivity index (χ1) is 13.5. The van der Waals surface area contributed by atoms with Gasteiger partial charge in [-0.1, -0.05) is 30.3 Å². The summed E-state index contributed by atoms with van der Waals surface area (Å²) < 4.78 is 20.8. The van der Waals surface area contributed by atoms with Gasteiger partial charge >= 0.3 is 6.09 Å². The summed E-state index contributed by atoms with van der Waals surface area (Å²) in [5.74, 6) is 1.05. The van der Waals surface area contributed by atoms with Crippen molar-refractivity contribution in [3.8, 4) is 17.2 Å². The monoisotopic (exact) mass is 391 g/mol. The van der Waals surface area contributed by atoms with E-state index in [0.29, 0.717) is 5.75 Å². The van der Waals surface area contributed by atoms with Crippen LogP contribution in [-0.2, 0) is 11.3 Å². The van der Waals surface area contributed by atoms with Gasteiger partial charge in [-0.15, -0.1) is 0 Å². The van der Waals surface area contributed by atoms with Crippen LogP contribution in [0.4, 0.5) is 4.79 Å². The van der Waals surface area contributed by atoms with E-state index in [1.807, 2.05) is 30.3 Å². The second kappa shape index (κ2) is 10.4. The third-order valence-corrected chi connectivity index (χ3v) is 4.08. The lowest BCUT2D eigenvalue weighted by Crippen LogP contribution is -2.36. The lowest BCUT2D eigenvalue weighted by atomic mass is 10.0. The predicted octanol–water partition coefficient (Wildman–Crippen LogP) is 2.03. The number of rotatable bonds is 9. The van der Waals surface area contributed by atoms with E-state index < -0.39 is 18.3 Å². The number of nitrogens with one attached hydrogen (secondary N) is 1. The highest BCUT2D eigenvalue weighted by Crippen LogP contribution is 2.39. The normalized spacial score (nSPS) is 12.6. The van der Waals surface area contributed by atoms with Crippen molar-refractivity contribution in [1.29, 1.82) is 0 Å². The average molecular weight is 391 g/mol. The Morgan fingerprint density at radius 2 is 1.61 bits per heavy atom. The molecule has 0 spiro atoms. The predicted molar refractivity (Wildman–Crippen MR) is 102 cm³/mol.